The van der Waals surface area contributed by atoms with Gasteiger partial charge in [-0.25, -0.2) is 0 Å². The molecule has 0 bridgehead atoms. The van der Waals surface area contributed by atoms with Gasteiger partial charge in [-0.3, -0.25) is 19.2 Å². The molecular formula is C70H129N5O16P2. The van der Waals surface area contributed by atoms with E-state index in [0.717, 1.165) is 51.4 Å². The molecule has 16 atom stereocenters. The highest BCUT2D eigenvalue weighted by Crippen LogP contribution is 2.63. The van der Waals surface area contributed by atoms with E-state index < -0.39 is 17.2 Å². The first-order valence-electron chi connectivity index (χ1n) is 35.7. The van der Waals surface area contributed by atoms with Crippen LogP contribution in [0.25, 0.3) is 0 Å². The van der Waals surface area contributed by atoms with Crippen molar-refractivity contribution in [3.63, 3.8) is 0 Å². The standard InChI is InChI=1S/C70H129N5O16P2/c1-18-75(33-25-59(76)73-31-29-71-27-23-61(78)84-35-19-21-37-86-92-88-63-51(39-47(80-14)43-55(63)67(2,3)4)52-40-48(81-15)44-56(64(52)89-92)68(5,6)7)34-26-60(77)74-32-30-72-28-24-62(79)85-36-20-22-38-87-93-90-65-53(41-49(82-16)45-57(65)69(8,9)10)54-42-50(83-17)46-58(66(54)91-93)70(11,12)13/h47-58,63-66,71-72H,18-46H2,1-17H3,(H,73,76)(H,74,77). The largest absolute Gasteiger partial charge is 0.466 e. The third kappa shape index (κ3) is 25.4. The molecule has 6 rings (SSSR count). The Morgan fingerprint density at radius 3 is 0.968 bits per heavy atom. The molecule has 2 amide bonds. The van der Waals surface area contributed by atoms with Crippen LogP contribution >= 0.6 is 17.2 Å². The molecule has 2 aliphatic heterocycles. The van der Waals surface area contributed by atoms with Crippen molar-refractivity contribution < 1.29 is 74.7 Å². The number of esters is 2. The average Bonchev–Trinajstić information content (AvgIpc) is 1.72. The maximum absolute atomic E-state index is 12.7. The zero-order valence-corrected chi connectivity index (χ0v) is 62.4. The minimum absolute atomic E-state index is 0.00344. The Morgan fingerprint density at radius 1 is 0.409 bits per heavy atom. The van der Waals surface area contributed by atoms with Crippen molar-refractivity contribution in [2.75, 3.05) is 114 Å². The second kappa shape index (κ2) is 38.7. The Morgan fingerprint density at radius 2 is 0.699 bits per heavy atom. The van der Waals surface area contributed by atoms with Gasteiger partial charge in [0.25, 0.3) is 0 Å². The molecule has 2 saturated heterocycles. The van der Waals surface area contributed by atoms with Crippen molar-refractivity contribution in [1.29, 1.82) is 0 Å². The molecule has 93 heavy (non-hydrogen) atoms. The van der Waals surface area contributed by atoms with Crippen LogP contribution in [-0.2, 0) is 74.7 Å². The van der Waals surface area contributed by atoms with Crippen LogP contribution in [0, 0.1) is 69.0 Å². The molecule has 0 aromatic heterocycles. The van der Waals surface area contributed by atoms with Gasteiger partial charge in [-0.1, -0.05) is 90.0 Å². The molecule has 0 aromatic carbocycles. The summed E-state index contributed by atoms with van der Waals surface area (Å²) in [6, 6.07) is 0. The van der Waals surface area contributed by atoms with Gasteiger partial charge in [-0.05, 0) is 153 Å². The summed E-state index contributed by atoms with van der Waals surface area (Å²) >= 11 is 0. The van der Waals surface area contributed by atoms with Crippen LogP contribution in [0.2, 0.25) is 0 Å². The fourth-order valence-electron chi connectivity index (χ4n) is 15.5. The average molecular weight is 1360 g/mol. The van der Waals surface area contributed by atoms with E-state index in [2.05, 4.69) is 109 Å². The summed E-state index contributed by atoms with van der Waals surface area (Å²) < 4.78 is 76.3. The number of carbonyl (C=O) groups excluding carboxylic acids is 4. The van der Waals surface area contributed by atoms with Gasteiger partial charge in [0, 0.05) is 93.6 Å². The van der Waals surface area contributed by atoms with E-state index >= 15 is 0 Å². The Labute approximate surface area is 563 Å². The second-order valence-corrected chi connectivity index (χ2v) is 34.0. The highest BCUT2D eigenvalue weighted by atomic mass is 31.2. The predicted octanol–water partition coefficient (Wildman–Crippen LogP) is 11.3. The summed E-state index contributed by atoms with van der Waals surface area (Å²) in [6.07, 6.45) is 12.0. The molecule has 540 valence electrons. The summed E-state index contributed by atoms with van der Waals surface area (Å²) in [7, 11) is 4.15. The number of methoxy groups -OCH3 is 4. The van der Waals surface area contributed by atoms with Crippen molar-refractivity contribution in [3.8, 4) is 0 Å². The number of ether oxygens (including phenoxy) is 6. The maximum atomic E-state index is 12.7. The van der Waals surface area contributed by atoms with Crippen LogP contribution in [0.5, 0.6) is 0 Å². The lowest BCUT2D eigenvalue weighted by atomic mass is 9.57. The first kappa shape index (κ1) is 80.2. The summed E-state index contributed by atoms with van der Waals surface area (Å²) in [5, 5.41) is 12.3. The number of hydrogen-bond acceptors (Lipinski definition) is 19. The second-order valence-electron chi connectivity index (χ2n) is 31.7. The van der Waals surface area contributed by atoms with E-state index in [4.69, 9.17) is 55.6 Å². The molecule has 0 spiro atoms. The van der Waals surface area contributed by atoms with Crippen molar-refractivity contribution in [3.05, 3.63) is 0 Å². The van der Waals surface area contributed by atoms with Gasteiger partial charge in [-0.2, -0.15) is 0 Å². The molecule has 0 radical (unpaired) electrons. The molecule has 0 aromatic rings. The van der Waals surface area contributed by atoms with Crippen LogP contribution in [-0.4, -0.2) is 191 Å². The summed E-state index contributed by atoms with van der Waals surface area (Å²) in [5.74, 6) is 1.54. The summed E-state index contributed by atoms with van der Waals surface area (Å²) in [4.78, 5) is 52.5. The monoisotopic (exact) mass is 1360 g/mol. The number of nitrogens with zero attached hydrogens (tertiary/aromatic N) is 1. The lowest BCUT2D eigenvalue weighted by Gasteiger charge is -2.51. The highest BCUT2D eigenvalue weighted by Gasteiger charge is 2.59. The normalized spacial score (nSPS) is 31.8. The van der Waals surface area contributed by atoms with Crippen molar-refractivity contribution >= 4 is 41.0 Å². The number of fused-ring (bicyclic) bond motifs is 6. The number of hydrogen-bond donors (Lipinski definition) is 4. The minimum Gasteiger partial charge on any atom is -0.466 e. The van der Waals surface area contributed by atoms with Crippen LogP contribution in [0.4, 0.5) is 0 Å². The van der Waals surface area contributed by atoms with E-state index in [1.54, 1.807) is 0 Å². The van der Waals surface area contributed by atoms with Crippen LogP contribution in [0.1, 0.15) is 193 Å². The number of nitrogens with one attached hydrogen (secondary N) is 4. The van der Waals surface area contributed by atoms with Crippen LogP contribution in [0.3, 0.4) is 0 Å². The van der Waals surface area contributed by atoms with Gasteiger partial charge in [0.05, 0.1) is 88.1 Å². The predicted molar refractivity (Wildman–Crippen MR) is 364 cm³/mol. The van der Waals surface area contributed by atoms with E-state index in [1.165, 1.54) is 0 Å². The molecule has 6 aliphatic rings. The smallest absolute Gasteiger partial charge is 0.333 e. The molecule has 21 nitrogen and oxygen atoms in total. The maximum Gasteiger partial charge on any atom is 0.333 e. The Bertz CT molecular complexity index is 1980. The van der Waals surface area contributed by atoms with E-state index in [9.17, 15) is 19.2 Å². The van der Waals surface area contributed by atoms with E-state index in [1.807, 2.05) is 35.4 Å². The number of carbonyl (C=O) groups is 4. The zero-order valence-electron chi connectivity index (χ0n) is 60.6. The molecule has 4 N–H and O–H groups in total. The summed E-state index contributed by atoms with van der Waals surface area (Å²) in [5.41, 5.74) is 0.0398. The van der Waals surface area contributed by atoms with Gasteiger partial charge in [-0.15, -0.1) is 0 Å². The molecular weight excluding hydrogens is 1230 g/mol. The molecule has 6 fully saturated rings. The number of amides is 2. The Kier molecular flexibility index (Phi) is 33.4. The Balaban J connectivity index is 0.758. The van der Waals surface area contributed by atoms with Crippen molar-refractivity contribution in [2.45, 2.75) is 242 Å². The summed E-state index contributed by atoms with van der Waals surface area (Å²) in [6.45, 7) is 35.8. The van der Waals surface area contributed by atoms with Gasteiger partial charge >= 0.3 is 29.1 Å². The Hall–Kier alpha value is -1.78. The first-order chi connectivity index (χ1) is 44.1. The molecule has 4 saturated carbocycles. The van der Waals surface area contributed by atoms with Gasteiger partial charge in [0.1, 0.15) is 0 Å². The lowest BCUT2D eigenvalue weighted by Crippen LogP contribution is -2.53. The fraction of sp³-hybridized carbons (Fsp3) is 0.943. The third-order valence-electron chi connectivity index (χ3n) is 21.2. The molecule has 23 heteroatoms. The van der Waals surface area contributed by atoms with Crippen LogP contribution in [0.15, 0.2) is 0 Å². The molecule has 4 aliphatic carbocycles. The van der Waals surface area contributed by atoms with E-state index in [0.29, 0.717) is 124 Å². The SMILES string of the molecule is CCN(CCC(=O)NCCNCCC(=O)OCCCCOP1OC2C(CC(OC)CC2C(C)(C)C)C2CC(OC)CC(C(C)(C)C)C2O1)CCC(=O)NCCNCCC(=O)OCCCCOP1OC2C(CC(OC)CC2C(C)(C)C)C2CC(OC)CC(C(C)(C)C)C2O1. The number of rotatable bonds is 35. The zero-order chi connectivity index (χ0) is 68.1. The van der Waals surface area contributed by atoms with Crippen molar-refractivity contribution in [1.82, 2.24) is 26.2 Å². The number of unbranched alkanes of at least 4 members (excludes halogenated alkanes) is 2. The topological polar surface area (TPSA) is 230 Å². The van der Waals surface area contributed by atoms with Gasteiger partial charge < -0.3 is 81.7 Å². The quantitative estimate of drug-likeness (QED) is 0.0263. The van der Waals surface area contributed by atoms with Crippen LogP contribution < -0.4 is 21.3 Å². The van der Waals surface area contributed by atoms with Gasteiger partial charge in [0.2, 0.25) is 11.8 Å². The van der Waals surface area contributed by atoms with E-state index in [-0.39, 0.29) is 154 Å². The minimum atomic E-state index is -1.60. The third-order valence-corrected chi connectivity index (χ3v) is 23.7. The first-order valence-corrected chi connectivity index (χ1v) is 37.9. The molecule has 2 heterocycles. The highest BCUT2D eigenvalue weighted by molar-refractivity contribution is 7.42. The lowest BCUT2D eigenvalue weighted by molar-refractivity contribution is -0.144. The van der Waals surface area contributed by atoms with Crippen molar-refractivity contribution in [2.24, 2.45) is 69.0 Å². The fourth-order valence-corrected chi connectivity index (χ4v) is 18.4. The van der Waals surface area contributed by atoms with Gasteiger partial charge in [0.15, 0.2) is 0 Å². The molecule has 16 unspecified atom stereocenters.